The maximum absolute atomic E-state index is 12.4. The molecule has 4 nitrogen and oxygen atoms in total. The Balaban J connectivity index is 1.94. The average molecular weight is 369 g/mol. The fourth-order valence-corrected chi connectivity index (χ4v) is 3.60. The van der Waals surface area contributed by atoms with Gasteiger partial charge in [-0.25, -0.2) is 14.7 Å². The number of halogens is 1. The Morgan fingerprint density at radius 1 is 1.43 bits per heavy atom. The van der Waals surface area contributed by atoms with E-state index in [2.05, 4.69) is 20.9 Å². The van der Waals surface area contributed by atoms with Crippen molar-refractivity contribution in [3.8, 4) is 0 Å². The van der Waals surface area contributed by atoms with Crippen LogP contribution in [0.1, 0.15) is 33.6 Å². The Morgan fingerprint density at radius 2 is 2.14 bits per heavy atom. The van der Waals surface area contributed by atoms with Gasteiger partial charge in [0.2, 0.25) is 0 Å². The van der Waals surface area contributed by atoms with Gasteiger partial charge in [-0.1, -0.05) is 27.3 Å². The molecule has 1 fully saturated rings. The minimum Gasteiger partial charge on any atom is -0.443 e. The molecule has 0 unspecified atom stereocenters. The topological polar surface area (TPSA) is 42.4 Å². The van der Waals surface area contributed by atoms with Gasteiger partial charge in [0.15, 0.2) is 5.13 Å². The van der Waals surface area contributed by atoms with Gasteiger partial charge >= 0.3 is 6.09 Å². The first-order valence-electron chi connectivity index (χ1n) is 6.92. The first-order valence-corrected chi connectivity index (χ1v) is 8.53. The number of hydrogen-bond acceptors (Lipinski definition) is 4. The number of fused-ring (bicyclic) bond motifs is 1. The molecule has 3 rings (SSSR count). The average Bonchev–Trinajstić information content (AvgIpc) is 3.06. The molecule has 2 aromatic rings. The maximum atomic E-state index is 12.4. The summed E-state index contributed by atoms with van der Waals surface area (Å²) in [5.74, 6) is 0. The molecule has 1 aliphatic rings. The van der Waals surface area contributed by atoms with Crippen molar-refractivity contribution in [3.05, 3.63) is 22.7 Å². The van der Waals surface area contributed by atoms with E-state index in [1.54, 1.807) is 4.90 Å². The Labute approximate surface area is 136 Å². The second-order valence-electron chi connectivity index (χ2n) is 6.19. The number of amides is 1. The largest absolute Gasteiger partial charge is 0.443 e. The van der Waals surface area contributed by atoms with Crippen LogP contribution in [0.5, 0.6) is 0 Å². The van der Waals surface area contributed by atoms with Gasteiger partial charge in [0.05, 0.1) is 10.2 Å². The summed E-state index contributed by atoms with van der Waals surface area (Å²) in [7, 11) is 0. The van der Waals surface area contributed by atoms with E-state index in [-0.39, 0.29) is 12.1 Å². The molecule has 0 atom stereocenters. The second-order valence-corrected chi connectivity index (χ2v) is 8.11. The monoisotopic (exact) mass is 368 g/mol. The van der Waals surface area contributed by atoms with E-state index in [9.17, 15) is 4.79 Å². The van der Waals surface area contributed by atoms with Crippen LogP contribution in [0.25, 0.3) is 10.2 Å². The SMILES string of the molecule is CC(C)(C)OC(=O)N(c1nc2ccc(Br)cc2s1)C1CC1. The minimum atomic E-state index is -0.496. The van der Waals surface area contributed by atoms with Gasteiger partial charge < -0.3 is 4.74 Å². The van der Waals surface area contributed by atoms with Gasteiger partial charge in [0, 0.05) is 10.5 Å². The Bertz CT molecular complexity index is 689. The first-order chi connectivity index (χ1) is 9.83. The quantitative estimate of drug-likeness (QED) is 0.751. The van der Waals surface area contributed by atoms with Gasteiger partial charge in [-0.2, -0.15) is 0 Å². The third kappa shape index (κ3) is 3.37. The van der Waals surface area contributed by atoms with Crippen molar-refractivity contribution in [2.45, 2.75) is 45.3 Å². The van der Waals surface area contributed by atoms with Crippen LogP contribution in [0.4, 0.5) is 9.93 Å². The molecule has 0 N–H and O–H groups in total. The summed E-state index contributed by atoms with van der Waals surface area (Å²) >= 11 is 4.99. The molecule has 1 saturated carbocycles. The maximum Gasteiger partial charge on any atom is 0.416 e. The molecule has 1 aromatic heterocycles. The van der Waals surface area contributed by atoms with Gasteiger partial charge in [0.25, 0.3) is 0 Å². The van der Waals surface area contributed by atoms with Crippen LogP contribution in [0.15, 0.2) is 22.7 Å². The first kappa shape index (κ1) is 14.8. The van der Waals surface area contributed by atoms with Crippen LogP contribution >= 0.6 is 27.3 Å². The Hall–Kier alpha value is -1.14. The van der Waals surface area contributed by atoms with Crippen molar-refractivity contribution in [1.29, 1.82) is 0 Å². The number of ether oxygens (including phenoxy) is 1. The second kappa shape index (κ2) is 5.25. The molecule has 0 saturated heterocycles. The fourth-order valence-electron chi connectivity index (χ4n) is 2.02. The van der Waals surface area contributed by atoms with Crippen LogP contribution in [0.3, 0.4) is 0 Å². The number of anilines is 1. The van der Waals surface area contributed by atoms with Crippen LogP contribution in [-0.2, 0) is 4.74 Å². The van der Waals surface area contributed by atoms with E-state index in [1.807, 2.05) is 39.0 Å². The molecular formula is C15H17BrN2O2S. The number of benzene rings is 1. The van der Waals surface area contributed by atoms with Gasteiger partial charge in [-0.05, 0) is 51.8 Å². The third-order valence-corrected chi connectivity index (χ3v) is 4.56. The van der Waals surface area contributed by atoms with E-state index in [1.165, 1.54) is 11.3 Å². The number of rotatable bonds is 2. The van der Waals surface area contributed by atoms with Crippen molar-refractivity contribution in [2.24, 2.45) is 0 Å². The molecule has 0 radical (unpaired) electrons. The van der Waals surface area contributed by atoms with Gasteiger partial charge in [-0.15, -0.1) is 0 Å². The zero-order valence-corrected chi connectivity index (χ0v) is 14.6. The van der Waals surface area contributed by atoms with Crippen LogP contribution in [0.2, 0.25) is 0 Å². The van der Waals surface area contributed by atoms with Crippen molar-refractivity contribution in [1.82, 2.24) is 4.98 Å². The number of nitrogens with zero attached hydrogens (tertiary/aromatic N) is 2. The highest BCUT2D eigenvalue weighted by Gasteiger charge is 2.38. The van der Waals surface area contributed by atoms with E-state index in [4.69, 9.17) is 4.74 Å². The molecule has 1 aromatic carbocycles. The Kier molecular flexibility index (Phi) is 3.69. The summed E-state index contributed by atoms with van der Waals surface area (Å²) in [4.78, 5) is 18.7. The lowest BCUT2D eigenvalue weighted by atomic mass is 10.2. The summed E-state index contributed by atoms with van der Waals surface area (Å²) in [6.07, 6.45) is 1.72. The number of aromatic nitrogens is 1. The zero-order chi connectivity index (χ0) is 15.2. The lowest BCUT2D eigenvalue weighted by molar-refractivity contribution is 0.0578. The molecule has 21 heavy (non-hydrogen) atoms. The van der Waals surface area contributed by atoms with Crippen molar-refractivity contribution in [2.75, 3.05) is 4.90 Å². The predicted octanol–water partition coefficient (Wildman–Crippen LogP) is 4.96. The van der Waals surface area contributed by atoms with Gasteiger partial charge in [0.1, 0.15) is 5.60 Å². The fraction of sp³-hybridized carbons (Fsp3) is 0.467. The Morgan fingerprint density at radius 3 is 2.76 bits per heavy atom. The minimum absolute atomic E-state index is 0.226. The summed E-state index contributed by atoms with van der Waals surface area (Å²) in [5, 5.41) is 0.722. The smallest absolute Gasteiger partial charge is 0.416 e. The van der Waals surface area contributed by atoms with E-state index >= 15 is 0 Å². The highest BCUT2D eigenvalue weighted by atomic mass is 79.9. The standard InChI is InChI=1S/C15H17BrN2O2S/c1-15(2,3)20-14(19)18(10-5-6-10)13-17-11-7-4-9(16)8-12(11)21-13/h4,7-8,10H,5-6H2,1-3H3. The molecule has 0 aliphatic heterocycles. The normalized spacial score (nSPS) is 15.2. The number of thiazole rings is 1. The lowest BCUT2D eigenvalue weighted by Crippen LogP contribution is -2.38. The molecule has 1 heterocycles. The summed E-state index contributed by atoms with van der Waals surface area (Å²) in [5.41, 5.74) is 0.414. The summed E-state index contributed by atoms with van der Waals surface area (Å²) in [6.45, 7) is 5.64. The van der Waals surface area contributed by atoms with Crippen molar-refractivity contribution >= 4 is 48.7 Å². The number of carbonyl (C=O) groups excluding carboxylic acids is 1. The highest BCUT2D eigenvalue weighted by Crippen LogP contribution is 2.38. The summed E-state index contributed by atoms with van der Waals surface area (Å²) < 4.78 is 7.60. The molecule has 1 aliphatic carbocycles. The zero-order valence-electron chi connectivity index (χ0n) is 12.2. The molecular weight excluding hydrogens is 352 g/mol. The molecule has 6 heteroatoms. The third-order valence-electron chi connectivity index (χ3n) is 3.05. The highest BCUT2D eigenvalue weighted by molar-refractivity contribution is 9.10. The molecule has 112 valence electrons. The van der Waals surface area contributed by atoms with E-state index < -0.39 is 5.60 Å². The van der Waals surface area contributed by atoms with Crippen LogP contribution < -0.4 is 4.90 Å². The van der Waals surface area contributed by atoms with E-state index in [0.717, 1.165) is 32.7 Å². The summed E-state index contributed by atoms with van der Waals surface area (Å²) in [6, 6.07) is 6.17. The van der Waals surface area contributed by atoms with Gasteiger partial charge in [-0.3, -0.25) is 0 Å². The van der Waals surface area contributed by atoms with Crippen LogP contribution in [-0.4, -0.2) is 22.7 Å². The predicted molar refractivity (Wildman–Crippen MR) is 89.1 cm³/mol. The van der Waals surface area contributed by atoms with Crippen molar-refractivity contribution < 1.29 is 9.53 Å². The number of hydrogen-bond donors (Lipinski definition) is 0. The number of carbonyl (C=O) groups is 1. The molecule has 0 spiro atoms. The molecule has 1 amide bonds. The lowest BCUT2D eigenvalue weighted by Gasteiger charge is -2.25. The molecule has 0 bridgehead atoms. The van der Waals surface area contributed by atoms with Crippen LogP contribution in [0, 0.1) is 0 Å². The van der Waals surface area contributed by atoms with Crippen molar-refractivity contribution in [3.63, 3.8) is 0 Å². The van der Waals surface area contributed by atoms with E-state index in [0.29, 0.717) is 0 Å².